The standard InChI is InChI=1S/C12H24O/c1-3-10(4-2)9-11-7-5-6-8-12(11)13/h10-13H,3-9H2,1-2H3/t11-,12-/m0/s1. The Bertz CT molecular complexity index is 129. The van der Waals surface area contributed by atoms with Gasteiger partial charge in [0.05, 0.1) is 6.10 Å². The fraction of sp³-hybridized carbons (Fsp3) is 1.00. The summed E-state index contributed by atoms with van der Waals surface area (Å²) in [5.74, 6) is 1.45. The number of rotatable bonds is 4. The van der Waals surface area contributed by atoms with Crippen LogP contribution in [0.1, 0.15) is 58.8 Å². The molecule has 1 N–H and O–H groups in total. The molecule has 0 unspecified atom stereocenters. The van der Waals surface area contributed by atoms with E-state index >= 15 is 0 Å². The zero-order chi connectivity index (χ0) is 9.68. The van der Waals surface area contributed by atoms with Gasteiger partial charge in [-0.25, -0.2) is 0 Å². The lowest BCUT2D eigenvalue weighted by Gasteiger charge is -2.30. The molecule has 2 atom stereocenters. The summed E-state index contributed by atoms with van der Waals surface area (Å²) in [6.07, 6.45) is 8.70. The smallest absolute Gasteiger partial charge is 0.0568 e. The zero-order valence-electron chi connectivity index (χ0n) is 9.13. The lowest BCUT2D eigenvalue weighted by atomic mass is 9.79. The fourth-order valence-corrected chi connectivity index (χ4v) is 2.51. The predicted octanol–water partition coefficient (Wildman–Crippen LogP) is 3.36. The zero-order valence-corrected chi connectivity index (χ0v) is 9.13. The van der Waals surface area contributed by atoms with Crippen molar-refractivity contribution < 1.29 is 5.11 Å². The molecule has 0 spiro atoms. The van der Waals surface area contributed by atoms with Crippen LogP contribution in [0.5, 0.6) is 0 Å². The summed E-state index contributed by atoms with van der Waals surface area (Å²) in [6.45, 7) is 4.53. The van der Waals surface area contributed by atoms with Gasteiger partial charge in [-0.3, -0.25) is 0 Å². The summed E-state index contributed by atoms with van der Waals surface area (Å²) < 4.78 is 0. The van der Waals surface area contributed by atoms with E-state index in [9.17, 15) is 5.11 Å². The van der Waals surface area contributed by atoms with Gasteiger partial charge >= 0.3 is 0 Å². The minimum Gasteiger partial charge on any atom is -0.393 e. The molecule has 1 rings (SSSR count). The Kier molecular flexibility index (Phi) is 4.79. The van der Waals surface area contributed by atoms with E-state index < -0.39 is 0 Å². The molecule has 1 heteroatoms. The number of hydrogen-bond donors (Lipinski definition) is 1. The maximum absolute atomic E-state index is 9.81. The SMILES string of the molecule is CCC(CC)C[C@@H]1CCCC[C@@H]1O. The van der Waals surface area contributed by atoms with Crippen LogP contribution in [0.2, 0.25) is 0 Å². The Balaban J connectivity index is 2.32. The van der Waals surface area contributed by atoms with Gasteiger partial charge in [0.1, 0.15) is 0 Å². The third-order valence-electron chi connectivity index (χ3n) is 3.66. The average molecular weight is 184 g/mol. The molecule has 0 saturated heterocycles. The van der Waals surface area contributed by atoms with Crippen molar-refractivity contribution in [1.29, 1.82) is 0 Å². The summed E-state index contributed by atoms with van der Waals surface area (Å²) in [4.78, 5) is 0. The summed E-state index contributed by atoms with van der Waals surface area (Å²) in [6, 6.07) is 0. The Hall–Kier alpha value is -0.0400. The molecule has 0 heterocycles. The first-order valence-electron chi connectivity index (χ1n) is 5.96. The molecule has 1 saturated carbocycles. The first-order valence-corrected chi connectivity index (χ1v) is 5.96. The highest BCUT2D eigenvalue weighted by atomic mass is 16.3. The van der Waals surface area contributed by atoms with E-state index in [2.05, 4.69) is 13.8 Å². The van der Waals surface area contributed by atoms with Crippen molar-refractivity contribution in [2.24, 2.45) is 11.8 Å². The molecule has 0 aromatic rings. The highest BCUT2D eigenvalue weighted by Gasteiger charge is 2.24. The van der Waals surface area contributed by atoms with Crippen molar-refractivity contribution in [1.82, 2.24) is 0 Å². The van der Waals surface area contributed by atoms with Crippen LogP contribution >= 0.6 is 0 Å². The molecule has 0 bridgehead atoms. The van der Waals surface area contributed by atoms with Crippen LogP contribution in [-0.4, -0.2) is 11.2 Å². The van der Waals surface area contributed by atoms with Gasteiger partial charge in [0, 0.05) is 0 Å². The van der Waals surface area contributed by atoms with E-state index in [1.807, 2.05) is 0 Å². The highest BCUT2D eigenvalue weighted by molar-refractivity contribution is 4.76. The highest BCUT2D eigenvalue weighted by Crippen LogP contribution is 2.31. The normalized spacial score (nSPS) is 29.5. The van der Waals surface area contributed by atoms with E-state index in [0.29, 0.717) is 5.92 Å². The minimum atomic E-state index is 0.00866. The molecule has 0 radical (unpaired) electrons. The van der Waals surface area contributed by atoms with Crippen LogP contribution in [0.15, 0.2) is 0 Å². The molecular weight excluding hydrogens is 160 g/mol. The fourth-order valence-electron chi connectivity index (χ4n) is 2.51. The monoisotopic (exact) mass is 184 g/mol. The van der Waals surface area contributed by atoms with Gasteiger partial charge in [0.2, 0.25) is 0 Å². The Morgan fingerprint density at radius 2 is 1.77 bits per heavy atom. The van der Waals surface area contributed by atoms with E-state index in [1.54, 1.807) is 0 Å². The van der Waals surface area contributed by atoms with Crippen molar-refractivity contribution >= 4 is 0 Å². The Labute approximate surface area is 82.5 Å². The number of aliphatic hydroxyl groups excluding tert-OH is 1. The van der Waals surface area contributed by atoms with E-state index in [4.69, 9.17) is 0 Å². The summed E-state index contributed by atoms with van der Waals surface area (Å²) in [5, 5.41) is 9.81. The molecule has 13 heavy (non-hydrogen) atoms. The van der Waals surface area contributed by atoms with Crippen LogP contribution < -0.4 is 0 Å². The van der Waals surface area contributed by atoms with Crippen LogP contribution in [0.25, 0.3) is 0 Å². The molecule has 1 nitrogen and oxygen atoms in total. The minimum absolute atomic E-state index is 0.00866. The summed E-state index contributed by atoms with van der Waals surface area (Å²) in [5.41, 5.74) is 0. The van der Waals surface area contributed by atoms with Crippen LogP contribution in [0.4, 0.5) is 0 Å². The second-order valence-corrected chi connectivity index (χ2v) is 4.53. The lowest BCUT2D eigenvalue weighted by molar-refractivity contribution is 0.0552. The molecule has 0 aliphatic heterocycles. The predicted molar refractivity (Wildman–Crippen MR) is 56.7 cm³/mol. The molecule has 1 fully saturated rings. The van der Waals surface area contributed by atoms with E-state index in [1.165, 1.54) is 38.5 Å². The topological polar surface area (TPSA) is 20.2 Å². The van der Waals surface area contributed by atoms with Crippen molar-refractivity contribution in [3.63, 3.8) is 0 Å². The van der Waals surface area contributed by atoms with Crippen molar-refractivity contribution in [3.05, 3.63) is 0 Å². The summed E-state index contributed by atoms with van der Waals surface area (Å²) in [7, 11) is 0. The average Bonchev–Trinajstić information content (AvgIpc) is 2.17. The molecule has 0 amide bonds. The molecule has 1 aliphatic rings. The Morgan fingerprint density at radius 1 is 1.15 bits per heavy atom. The third kappa shape index (κ3) is 3.30. The van der Waals surface area contributed by atoms with Gasteiger partial charge in [-0.05, 0) is 31.1 Å². The van der Waals surface area contributed by atoms with E-state index in [-0.39, 0.29) is 6.10 Å². The second kappa shape index (κ2) is 5.64. The first-order chi connectivity index (χ1) is 6.27. The maximum atomic E-state index is 9.81. The third-order valence-corrected chi connectivity index (χ3v) is 3.66. The van der Waals surface area contributed by atoms with Gasteiger partial charge in [-0.2, -0.15) is 0 Å². The lowest BCUT2D eigenvalue weighted by Crippen LogP contribution is -2.26. The van der Waals surface area contributed by atoms with Gasteiger partial charge in [-0.15, -0.1) is 0 Å². The van der Waals surface area contributed by atoms with Crippen molar-refractivity contribution in [3.8, 4) is 0 Å². The summed E-state index contributed by atoms with van der Waals surface area (Å²) >= 11 is 0. The molecule has 0 aromatic heterocycles. The van der Waals surface area contributed by atoms with Gasteiger partial charge < -0.3 is 5.11 Å². The van der Waals surface area contributed by atoms with Gasteiger partial charge in [-0.1, -0.05) is 39.5 Å². The number of hydrogen-bond acceptors (Lipinski definition) is 1. The molecule has 78 valence electrons. The second-order valence-electron chi connectivity index (χ2n) is 4.53. The molecule has 1 aliphatic carbocycles. The van der Waals surface area contributed by atoms with Crippen LogP contribution in [0.3, 0.4) is 0 Å². The maximum Gasteiger partial charge on any atom is 0.0568 e. The largest absolute Gasteiger partial charge is 0.393 e. The van der Waals surface area contributed by atoms with Crippen LogP contribution in [-0.2, 0) is 0 Å². The van der Waals surface area contributed by atoms with Crippen molar-refractivity contribution in [2.75, 3.05) is 0 Å². The van der Waals surface area contributed by atoms with Gasteiger partial charge in [0.15, 0.2) is 0 Å². The molecule has 0 aromatic carbocycles. The quantitative estimate of drug-likeness (QED) is 0.710. The Morgan fingerprint density at radius 3 is 2.31 bits per heavy atom. The number of aliphatic hydroxyl groups is 1. The van der Waals surface area contributed by atoms with Crippen molar-refractivity contribution in [2.45, 2.75) is 64.9 Å². The van der Waals surface area contributed by atoms with E-state index in [0.717, 1.165) is 12.3 Å². The van der Waals surface area contributed by atoms with Gasteiger partial charge in [0.25, 0.3) is 0 Å². The van der Waals surface area contributed by atoms with Crippen LogP contribution in [0, 0.1) is 11.8 Å². The first kappa shape index (κ1) is 11.0. The molecular formula is C12H24O.